The van der Waals surface area contributed by atoms with Gasteiger partial charge in [0, 0.05) is 11.6 Å². The number of aromatic hydroxyl groups is 1. The number of rotatable bonds is 7. The van der Waals surface area contributed by atoms with Gasteiger partial charge in [-0.2, -0.15) is 10.2 Å². The highest BCUT2D eigenvalue weighted by atomic mass is 32.1. The Morgan fingerprint density at radius 1 is 1.30 bits per heavy atom. The smallest absolute Gasteiger partial charge is 0.337 e. The first-order valence-corrected chi connectivity index (χ1v) is 7.81. The topological polar surface area (TPSA) is 154 Å². The number of carboxylic acids is 1. The molecule has 2 rings (SSSR count). The molecule has 6 N–H and O–H groups in total. The summed E-state index contributed by atoms with van der Waals surface area (Å²) >= 11 is 4.61. The molecule has 140 valence electrons. The summed E-state index contributed by atoms with van der Waals surface area (Å²) in [7, 11) is 1.38. The van der Waals surface area contributed by atoms with Crippen molar-refractivity contribution in [1.29, 1.82) is 0 Å². The van der Waals surface area contributed by atoms with E-state index in [1.165, 1.54) is 37.6 Å². The molecule has 0 unspecified atom stereocenters. The minimum absolute atomic E-state index is 0.00593. The first-order chi connectivity index (χ1) is 12.9. The van der Waals surface area contributed by atoms with E-state index in [0.717, 1.165) is 0 Å². The summed E-state index contributed by atoms with van der Waals surface area (Å²) < 4.78 is 5.10. The van der Waals surface area contributed by atoms with Gasteiger partial charge in [0.15, 0.2) is 16.6 Å². The Kier molecular flexibility index (Phi) is 6.61. The lowest BCUT2D eigenvalue weighted by Crippen LogP contribution is -2.37. The highest BCUT2D eigenvalue weighted by Crippen LogP contribution is 2.34. The van der Waals surface area contributed by atoms with Crippen LogP contribution in [0.25, 0.3) is 0 Å². The van der Waals surface area contributed by atoms with E-state index in [1.54, 1.807) is 12.1 Å². The Bertz CT molecular complexity index is 916. The van der Waals surface area contributed by atoms with Gasteiger partial charge in [0.2, 0.25) is 0 Å². The van der Waals surface area contributed by atoms with Crippen molar-refractivity contribution in [2.75, 3.05) is 7.11 Å². The molecule has 0 aromatic heterocycles. The number of hydrogen-bond donors (Lipinski definition) is 5. The van der Waals surface area contributed by atoms with Gasteiger partial charge in [-0.15, -0.1) is 5.11 Å². The number of hydrogen-bond acceptors (Lipinski definition) is 8. The summed E-state index contributed by atoms with van der Waals surface area (Å²) in [6.07, 6.45) is 1.29. The lowest BCUT2D eigenvalue weighted by molar-refractivity contribution is 0.0697. The van der Waals surface area contributed by atoms with Gasteiger partial charge in [-0.05, 0) is 30.4 Å². The monoisotopic (exact) mass is 388 g/mol. The van der Waals surface area contributed by atoms with Crippen LogP contribution in [0, 0.1) is 0 Å². The molecule has 0 saturated carbocycles. The zero-order valence-corrected chi connectivity index (χ0v) is 14.9. The third-order valence-electron chi connectivity index (χ3n) is 3.16. The number of hydrazine groups is 1. The maximum Gasteiger partial charge on any atom is 0.337 e. The zero-order chi connectivity index (χ0) is 19.8. The molecular formula is C16H16N6O4S. The molecule has 0 bridgehead atoms. The molecule has 2 aromatic rings. The van der Waals surface area contributed by atoms with Crippen LogP contribution in [-0.2, 0) is 0 Å². The van der Waals surface area contributed by atoms with Gasteiger partial charge >= 0.3 is 5.97 Å². The molecule has 11 heteroatoms. The van der Waals surface area contributed by atoms with Gasteiger partial charge in [0.1, 0.15) is 5.69 Å². The summed E-state index contributed by atoms with van der Waals surface area (Å²) in [5, 5.41) is 31.1. The minimum Gasteiger partial charge on any atom is -0.504 e. The molecule has 0 spiro atoms. The van der Waals surface area contributed by atoms with E-state index in [0.29, 0.717) is 5.69 Å². The third kappa shape index (κ3) is 5.37. The number of ether oxygens (including phenoxy) is 1. The molecule has 0 heterocycles. The number of phenolic OH excluding ortho intramolecular Hbond substituents is 1. The number of nitrogens with two attached hydrogens (primary N) is 1. The van der Waals surface area contributed by atoms with E-state index < -0.39 is 5.97 Å². The number of methoxy groups -OCH3 is 1. The van der Waals surface area contributed by atoms with Crippen LogP contribution in [-0.4, -0.2) is 34.6 Å². The largest absolute Gasteiger partial charge is 0.504 e. The van der Waals surface area contributed by atoms with E-state index in [9.17, 15) is 15.0 Å². The van der Waals surface area contributed by atoms with Crippen LogP contribution >= 0.6 is 12.2 Å². The van der Waals surface area contributed by atoms with Gasteiger partial charge in [0.05, 0.1) is 24.6 Å². The predicted molar refractivity (Wildman–Crippen MR) is 103 cm³/mol. The molecule has 10 nitrogen and oxygen atoms in total. The Labute approximate surface area is 159 Å². The lowest BCUT2D eigenvalue weighted by atomic mass is 10.1. The molecule has 0 aliphatic heterocycles. The normalized spacial score (nSPS) is 10.9. The second-order valence-electron chi connectivity index (χ2n) is 4.97. The van der Waals surface area contributed by atoms with E-state index in [2.05, 4.69) is 38.5 Å². The zero-order valence-electron chi connectivity index (χ0n) is 14.1. The number of benzene rings is 2. The van der Waals surface area contributed by atoms with Crippen molar-refractivity contribution in [1.82, 2.24) is 11.0 Å². The molecule has 0 aliphatic carbocycles. The van der Waals surface area contributed by atoms with Crippen molar-refractivity contribution in [3.05, 3.63) is 47.5 Å². The number of aromatic carboxylic acids is 1. The highest BCUT2D eigenvalue weighted by Gasteiger charge is 2.11. The number of nitrogens with zero attached hydrogens (tertiary/aromatic N) is 3. The minimum atomic E-state index is -1.11. The summed E-state index contributed by atoms with van der Waals surface area (Å²) in [5.41, 5.74) is 10.8. The number of carbonyl (C=O) groups is 1. The average Bonchev–Trinajstić information content (AvgIpc) is 2.65. The number of nitrogens with one attached hydrogen (secondary N) is 2. The molecule has 0 atom stereocenters. The van der Waals surface area contributed by atoms with Crippen LogP contribution in [0.4, 0.5) is 11.4 Å². The number of phenols is 1. The van der Waals surface area contributed by atoms with Crippen LogP contribution in [0.3, 0.4) is 0 Å². The fraction of sp³-hybridized carbons (Fsp3) is 0.0625. The van der Waals surface area contributed by atoms with Crippen LogP contribution in [0.1, 0.15) is 15.9 Å². The van der Waals surface area contributed by atoms with E-state index in [4.69, 9.17) is 10.5 Å². The maximum atomic E-state index is 11.2. The molecule has 0 amide bonds. The molecule has 2 aromatic carbocycles. The van der Waals surface area contributed by atoms with Crippen molar-refractivity contribution >= 4 is 40.9 Å². The Hall–Kier alpha value is -3.73. The van der Waals surface area contributed by atoms with Crippen LogP contribution in [0.15, 0.2) is 51.7 Å². The maximum absolute atomic E-state index is 11.2. The van der Waals surface area contributed by atoms with Gasteiger partial charge in [-0.1, -0.05) is 12.1 Å². The van der Waals surface area contributed by atoms with Gasteiger partial charge < -0.3 is 20.7 Å². The number of hydrazone groups is 1. The summed E-state index contributed by atoms with van der Waals surface area (Å²) in [4.78, 5) is 11.2. The molecule has 0 saturated heterocycles. The molecule has 27 heavy (non-hydrogen) atoms. The van der Waals surface area contributed by atoms with Crippen LogP contribution in [0.2, 0.25) is 0 Å². The van der Waals surface area contributed by atoms with Crippen molar-refractivity contribution in [3.63, 3.8) is 0 Å². The lowest BCUT2D eigenvalue weighted by Gasteiger charge is -2.07. The Balaban J connectivity index is 2.33. The first kappa shape index (κ1) is 19.6. The number of thiocarbonyl (C=S) groups is 1. The van der Waals surface area contributed by atoms with Crippen molar-refractivity contribution in [2.24, 2.45) is 21.1 Å². The second kappa shape index (κ2) is 9.10. The third-order valence-corrected chi connectivity index (χ3v) is 3.27. The van der Waals surface area contributed by atoms with E-state index in [1.807, 2.05) is 0 Å². The fourth-order valence-electron chi connectivity index (χ4n) is 1.97. The number of azo groups is 1. The molecular weight excluding hydrogens is 372 g/mol. The highest BCUT2D eigenvalue weighted by molar-refractivity contribution is 7.80. The molecule has 0 radical (unpaired) electrons. The molecule has 0 fully saturated rings. The van der Waals surface area contributed by atoms with Crippen LogP contribution < -0.4 is 21.4 Å². The predicted octanol–water partition coefficient (Wildman–Crippen LogP) is 2.19. The van der Waals surface area contributed by atoms with Gasteiger partial charge in [-0.3, -0.25) is 5.43 Å². The summed E-state index contributed by atoms with van der Waals surface area (Å²) in [5.74, 6) is -1.14. The molecule has 0 aliphatic rings. The van der Waals surface area contributed by atoms with Crippen molar-refractivity contribution in [3.8, 4) is 11.5 Å². The summed E-state index contributed by atoms with van der Waals surface area (Å²) in [6, 6.07) is 9.12. The first-order valence-electron chi connectivity index (χ1n) is 7.41. The van der Waals surface area contributed by atoms with Gasteiger partial charge in [0.25, 0.3) is 0 Å². The standard InChI is InChI=1S/C16H16N6O4S/c1-26-13-7-10(6-9(14(13)23)8-18-22-21-16(17)27)19-20-12-5-3-2-4-11(12)15(24)25/h2-8,22-23H,1H3,(H,24,25)(H3,17,21,27)/b18-8+,20-19?. The van der Waals surface area contributed by atoms with Gasteiger partial charge in [-0.25, -0.2) is 10.3 Å². The quantitative estimate of drug-likeness (QED) is 0.209. The number of carboxylic acid groups (broad SMARTS) is 1. The Morgan fingerprint density at radius 3 is 2.70 bits per heavy atom. The second-order valence-corrected chi connectivity index (χ2v) is 5.41. The Morgan fingerprint density at radius 2 is 2.04 bits per heavy atom. The fourth-order valence-corrected chi connectivity index (χ4v) is 2.01. The average molecular weight is 388 g/mol. The van der Waals surface area contributed by atoms with Crippen LogP contribution in [0.5, 0.6) is 11.5 Å². The van der Waals surface area contributed by atoms with E-state index >= 15 is 0 Å². The van der Waals surface area contributed by atoms with E-state index in [-0.39, 0.29) is 33.4 Å². The summed E-state index contributed by atoms with van der Waals surface area (Å²) in [6.45, 7) is 0. The SMILES string of the molecule is COc1cc(N=Nc2ccccc2C(=O)O)cc(/C=N/NNC(N)=S)c1O. The van der Waals surface area contributed by atoms with Crippen molar-refractivity contribution in [2.45, 2.75) is 0 Å². The van der Waals surface area contributed by atoms with Crippen molar-refractivity contribution < 1.29 is 19.7 Å².